The maximum Gasteiger partial charge on any atom is 0.326 e. The van der Waals surface area contributed by atoms with Crippen LogP contribution in [-0.2, 0) is 84.8 Å². The molecule has 27 N–H and O–H groups in total. The number of aromatic amines is 1. The summed E-state index contributed by atoms with van der Waals surface area (Å²) in [5.41, 5.74) is 22.6. The molecule has 0 spiro atoms. The summed E-state index contributed by atoms with van der Waals surface area (Å²) < 4.78 is 0. The van der Waals surface area contributed by atoms with Crippen LogP contribution in [0, 0.1) is 5.92 Å². The fourth-order valence-corrected chi connectivity index (χ4v) is 8.53. The lowest BCUT2D eigenvalue weighted by atomic mass is 10.0. The summed E-state index contributed by atoms with van der Waals surface area (Å²) in [5.74, 6) is -19.9. The van der Waals surface area contributed by atoms with Crippen LogP contribution in [-0.4, -0.2) is 239 Å². The molecule has 1 heterocycles. The maximum absolute atomic E-state index is 14.2. The van der Waals surface area contributed by atoms with Gasteiger partial charge in [0.05, 0.1) is 62.9 Å². The number of phenolic OH excluding ortho intramolecular Hbond substituents is 1. The number of nitrogens with zero attached hydrogens (tertiary/aromatic N) is 1. The molecule has 0 aliphatic heterocycles. The first-order valence-corrected chi connectivity index (χ1v) is 29.2. The number of aromatic hydroxyl groups is 1. The summed E-state index contributed by atoms with van der Waals surface area (Å²) in [4.78, 5) is 203. The van der Waals surface area contributed by atoms with E-state index in [0.717, 1.165) is 13.8 Å². The molecule has 0 aliphatic rings. The molecule has 2 aromatic rings. The molecule has 13 amide bonds. The molecule has 39 nitrogen and oxygen atoms in total. The number of nitrogens with one attached hydrogen (secondary N) is 12. The Balaban J connectivity index is 2.35. The van der Waals surface area contributed by atoms with Gasteiger partial charge in [-0.15, -0.1) is 0 Å². The Hall–Kier alpha value is -9.96. The Morgan fingerprint density at radius 3 is 1.49 bits per heavy atom. The van der Waals surface area contributed by atoms with Crippen LogP contribution in [0.3, 0.4) is 0 Å². The quantitative estimate of drug-likeness (QED) is 0.0274. The largest absolute Gasteiger partial charge is 0.508 e. The molecule has 1 aromatic heterocycles. The van der Waals surface area contributed by atoms with E-state index in [1.54, 1.807) is 0 Å². The van der Waals surface area contributed by atoms with Gasteiger partial charge in [-0.1, -0.05) is 26.0 Å². The zero-order valence-electron chi connectivity index (χ0n) is 51.8. The standard InChI is InChI=1S/C55H85N17O22/c1-24(2)42(52(90)69-37(22-74)51(89)64-32(55(93)94)7-5-6-14-56)71-49(87)35(18-41(81)82)65-47(85)34(17-39(59)79)67-54(92)44(26(4)76)72-48(86)33(15-27-8-10-29(77)11-9-27)66-53(91)43(25(3)75)70-40(80)20-61-46(84)31(12-13-38(58)78)63-50(88)36(21-73)68-45(83)30(57)16-28-19-60-23-62-28/h8-11,19,23-26,30-37,42-44,73-77H,5-7,12-18,20-22,56-57H2,1-4H3,(H2,58,78)(H2,59,79)(H,60,62)(H,61,84)(H,63,88)(H,64,89)(H,65,85)(H,66,91)(H,67,92)(H,68,83)(H,69,90)(H,70,80)(H,71,87)(H,72,86)(H,81,82)(H,93,94)/t25-,26-,30+,31+,32+,33+,34+,35+,36-,37+,42+,43+,44+/m1/s1. The number of aliphatic hydroxyl groups excluding tert-OH is 4. The first-order valence-electron chi connectivity index (χ1n) is 29.2. The summed E-state index contributed by atoms with van der Waals surface area (Å²) >= 11 is 0. The zero-order valence-corrected chi connectivity index (χ0v) is 51.8. The molecule has 0 aliphatic carbocycles. The highest BCUT2D eigenvalue weighted by molar-refractivity contribution is 6.00. The predicted octanol–water partition coefficient (Wildman–Crippen LogP) is -10.6. The van der Waals surface area contributed by atoms with E-state index in [-0.39, 0.29) is 30.7 Å². The highest BCUT2D eigenvalue weighted by Gasteiger charge is 2.39. The highest BCUT2D eigenvalue weighted by atomic mass is 16.4. The Bertz CT molecular complexity index is 2950. The summed E-state index contributed by atoms with van der Waals surface area (Å²) in [6.07, 6.45) is -4.07. The van der Waals surface area contributed by atoms with E-state index < -0.39 is 225 Å². The van der Waals surface area contributed by atoms with Gasteiger partial charge < -0.3 is 122 Å². The van der Waals surface area contributed by atoms with E-state index in [4.69, 9.17) is 22.9 Å². The Kier molecular flexibility index (Phi) is 34.2. The predicted molar refractivity (Wildman–Crippen MR) is 322 cm³/mol. The second-order valence-electron chi connectivity index (χ2n) is 21.9. The van der Waals surface area contributed by atoms with Crippen molar-refractivity contribution in [2.24, 2.45) is 28.9 Å². The van der Waals surface area contributed by atoms with Gasteiger partial charge in [0.25, 0.3) is 0 Å². The van der Waals surface area contributed by atoms with Gasteiger partial charge in [0, 0.05) is 25.5 Å². The molecule has 2 rings (SSSR count). The van der Waals surface area contributed by atoms with Crippen molar-refractivity contribution in [2.75, 3.05) is 26.3 Å². The second-order valence-corrected chi connectivity index (χ2v) is 21.9. The van der Waals surface area contributed by atoms with Gasteiger partial charge in [-0.25, -0.2) is 9.78 Å². The van der Waals surface area contributed by atoms with Crippen LogP contribution in [0.4, 0.5) is 0 Å². The summed E-state index contributed by atoms with van der Waals surface area (Å²) in [6.45, 7) is 1.99. The molecule has 0 bridgehead atoms. The molecular formula is C55H85N17O22. The third-order valence-corrected chi connectivity index (χ3v) is 13.7. The van der Waals surface area contributed by atoms with E-state index in [2.05, 4.69) is 63.1 Å². The fourth-order valence-electron chi connectivity index (χ4n) is 8.53. The smallest absolute Gasteiger partial charge is 0.326 e. The number of hydrogen-bond acceptors (Lipinski definition) is 23. The number of carboxylic acids is 2. The molecular weight excluding hydrogens is 1250 g/mol. The summed E-state index contributed by atoms with van der Waals surface area (Å²) in [7, 11) is 0. The third-order valence-electron chi connectivity index (χ3n) is 13.7. The van der Waals surface area contributed by atoms with Crippen molar-refractivity contribution in [1.82, 2.24) is 68.5 Å². The van der Waals surface area contributed by atoms with Gasteiger partial charge in [-0.05, 0) is 69.7 Å². The highest BCUT2D eigenvalue weighted by Crippen LogP contribution is 2.14. The number of nitrogens with two attached hydrogens (primary N) is 4. The monoisotopic (exact) mass is 1340 g/mol. The number of carboxylic acid groups (broad SMARTS) is 2. The van der Waals surface area contributed by atoms with Crippen molar-refractivity contribution in [3.8, 4) is 5.75 Å². The van der Waals surface area contributed by atoms with E-state index >= 15 is 0 Å². The SMILES string of the molecule is CC(C)[C@H](NC(=O)[C@H](CC(=O)O)NC(=O)[C@H](CC(N)=O)NC(=O)[C@@H](NC(=O)[C@H](Cc1ccc(O)cc1)NC(=O)[C@@H](NC(=O)CNC(=O)[C@H](CCC(N)=O)NC(=O)[C@@H](CO)NC(=O)[C@@H](N)Cc1c[nH]cn1)[C@@H](C)O)[C@@H](C)O)C(=O)N[C@@H](CO)C(=O)N[C@@H](CCCCN)C(=O)O. The van der Waals surface area contributed by atoms with Gasteiger partial charge in [-0.2, -0.15) is 0 Å². The molecule has 13 atom stereocenters. The average molecular weight is 1340 g/mol. The van der Waals surface area contributed by atoms with Gasteiger partial charge >= 0.3 is 11.9 Å². The minimum absolute atomic E-state index is 0.0554. The van der Waals surface area contributed by atoms with Crippen molar-refractivity contribution < 1.29 is 108 Å². The van der Waals surface area contributed by atoms with Crippen LogP contribution in [0.15, 0.2) is 36.8 Å². The fraction of sp³-hybridized carbons (Fsp3) is 0.564. The number of phenols is 1. The van der Waals surface area contributed by atoms with Crippen LogP contribution in [0.25, 0.3) is 0 Å². The van der Waals surface area contributed by atoms with E-state index in [1.165, 1.54) is 50.6 Å². The Morgan fingerprint density at radius 1 is 0.521 bits per heavy atom. The second kappa shape index (κ2) is 40.1. The minimum atomic E-state index is -2.13. The number of carbonyl (C=O) groups is 15. The molecule has 1 aromatic carbocycles. The lowest BCUT2D eigenvalue weighted by Gasteiger charge is -2.29. The van der Waals surface area contributed by atoms with Crippen LogP contribution in [0.5, 0.6) is 5.75 Å². The molecule has 0 unspecified atom stereocenters. The van der Waals surface area contributed by atoms with Gasteiger partial charge in [0.1, 0.15) is 66.2 Å². The Labute approximate surface area is 536 Å². The number of primary amides is 2. The first kappa shape index (κ1) is 80.1. The van der Waals surface area contributed by atoms with Gasteiger partial charge in [0.2, 0.25) is 76.8 Å². The van der Waals surface area contributed by atoms with Gasteiger partial charge in [-0.3, -0.25) is 67.1 Å². The number of H-pyrrole nitrogens is 1. The number of aliphatic carboxylic acids is 2. The van der Waals surface area contributed by atoms with Gasteiger partial charge in [0.15, 0.2) is 0 Å². The molecule has 39 heteroatoms. The number of amides is 13. The molecule has 0 saturated carbocycles. The van der Waals surface area contributed by atoms with E-state index in [1.807, 2.05) is 5.32 Å². The molecule has 0 fully saturated rings. The van der Waals surface area contributed by atoms with Crippen molar-refractivity contribution in [3.05, 3.63) is 48.0 Å². The number of carbonyl (C=O) groups excluding carboxylic acids is 13. The lowest BCUT2D eigenvalue weighted by Crippen LogP contribution is -2.63. The maximum atomic E-state index is 14.2. The molecule has 522 valence electrons. The first-order chi connectivity index (χ1) is 44.1. The van der Waals surface area contributed by atoms with Crippen LogP contribution < -0.4 is 81.4 Å². The van der Waals surface area contributed by atoms with Crippen molar-refractivity contribution in [2.45, 2.75) is 164 Å². The van der Waals surface area contributed by atoms with E-state index in [9.17, 15) is 108 Å². The number of unbranched alkanes of at least 4 members (excludes halogenated alkanes) is 1. The number of benzene rings is 1. The Morgan fingerprint density at radius 2 is 0.989 bits per heavy atom. The average Bonchev–Trinajstić information content (AvgIpc) is 0.980. The van der Waals surface area contributed by atoms with Crippen LogP contribution in [0.1, 0.15) is 83.9 Å². The molecule has 94 heavy (non-hydrogen) atoms. The lowest BCUT2D eigenvalue weighted by molar-refractivity contribution is -0.143. The number of aliphatic hydroxyl groups is 4. The number of hydrogen-bond donors (Lipinski definition) is 23. The van der Waals surface area contributed by atoms with E-state index in [0.29, 0.717) is 18.5 Å². The topological polar surface area (TPSA) is 663 Å². The number of aromatic nitrogens is 2. The third kappa shape index (κ3) is 28.3. The van der Waals surface area contributed by atoms with Crippen LogP contribution >= 0.6 is 0 Å². The van der Waals surface area contributed by atoms with Crippen molar-refractivity contribution in [1.29, 1.82) is 0 Å². The molecule has 0 saturated heterocycles. The van der Waals surface area contributed by atoms with Crippen molar-refractivity contribution >= 4 is 88.7 Å². The number of rotatable bonds is 43. The number of imidazole rings is 1. The van der Waals surface area contributed by atoms with Crippen LogP contribution in [0.2, 0.25) is 0 Å². The normalized spacial score (nSPS) is 15.2. The zero-order chi connectivity index (χ0) is 71.1. The van der Waals surface area contributed by atoms with Crippen molar-refractivity contribution in [3.63, 3.8) is 0 Å². The summed E-state index contributed by atoms with van der Waals surface area (Å²) in [5, 5.41) is 94.7. The summed E-state index contributed by atoms with van der Waals surface area (Å²) in [6, 6.07) is -14.6. The minimum Gasteiger partial charge on any atom is -0.508 e. The molecule has 0 radical (unpaired) electrons.